The van der Waals surface area contributed by atoms with Crippen molar-refractivity contribution in [2.75, 3.05) is 76.5 Å². The zero-order valence-electron chi connectivity index (χ0n) is 29.4. The second kappa shape index (κ2) is 19.0. The highest BCUT2D eigenvalue weighted by molar-refractivity contribution is 5.78. The summed E-state index contributed by atoms with van der Waals surface area (Å²) < 4.78 is 19.5. The molecule has 13 heteroatoms. The van der Waals surface area contributed by atoms with E-state index in [-0.39, 0.29) is 17.9 Å². The quantitative estimate of drug-likeness (QED) is 0.0940. The van der Waals surface area contributed by atoms with E-state index in [1.807, 2.05) is 18.2 Å². The number of carbonyl (C=O) groups is 1. The summed E-state index contributed by atoms with van der Waals surface area (Å²) in [5, 5.41) is 3.66. The van der Waals surface area contributed by atoms with E-state index in [0.717, 1.165) is 76.4 Å². The van der Waals surface area contributed by atoms with Gasteiger partial charge in [-0.3, -0.25) is 14.5 Å². The van der Waals surface area contributed by atoms with Crippen LogP contribution in [0.4, 0.5) is 17.3 Å². The number of ether oxygens (including phenoxy) is 3. The summed E-state index contributed by atoms with van der Waals surface area (Å²) >= 11 is 0. The number of aromatic nitrogens is 5. The largest absolute Gasteiger partial charge is 0.481 e. The Bertz CT molecular complexity index is 1730. The Labute approximate surface area is 293 Å². The molecule has 0 amide bonds. The van der Waals surface area contributed by atoms with Crippen molar-refractivity contribution < 1.29 is 19.0 Å². The highest BCUT2D eigenvalue weighted by atomic mass is 16.5. The lowest BCUT2D eigenvalue weighted by Gasteiger charge is -2.36. The molecular formula is C37H50N8O5. The van der Waals surface area contributed by atoms with Crippen LogP contribution < -0.4 is 20.5 Å². The number of nitrogens with zero attached hydrogens (tertiary/aromatic N) is 7. The molecule has 0 atom stereocenters. The Morgan fingerprint density at radius 3 is 2.46 bits per heavy atom. The third-order valence-electron chi connectivity index (χ3n) is 8.69. The molecule has 1 saturated heterocycles. The van der Waals surface area contributed by atoms with Gasteiger partial charge in [0.25, 0.3) is 5.56 Å². The van der Waals surface area contributed by atoms with Crippen LogP contribution in [0, 0.1) is 0 Å². The van der Waals surface area contributed by atoms with E-state index in [9.17, 15) is 9.59 Å². The van der Waals surface area contributed by atoms with Crippen molar-refractivity contribution in [3.63, 3.8) is 0 Å². The topological polar surface area (TPSA) is 129 Å². The van der Waals surface area contributed by atoms with Crippen LogP contribution in [0.3, 0.4) is 0 Å². The number of benzene rings is 1. The maximum atomic E-state index is 13.2. The average Bonchev–Trinajstić information content (AvgIpc) is 3.42. The molecule has 0 aliphatic carbocycles. The molecule has 1 aliphatic heterocycles. The summed E-state index contributed by atoms with van der Waals surface area (Å²) in [7, 11) is 1.55. The molecule has 1 aliphatic rings. The van der Waals surface area contributed by atoms with Gasteiger partial charge in [0, 0.05) is 69.3 Å². The number of unbranched alkanes of at least 4 members (excludes halogenated alkanes) is 2. The van der Waals surface area contributed by atoms with Crippen LogP contribution in [0.1, 0.15) is 45.4 Å². The van der Waals surface area contributed by atoms with Gasteiger partial charge in [-0.1, -0.05) is 25.5 Å². The molecule has 4 heterocycles. The van der Waals surface area contributed by atoms with Crippen LogP contribution in [0.15, 0.2) is 66.1 Å². The monoisotopic (exact) mass is 686 g/mol. The lowest BCUT2D eigenvalue weighted by Crippen LogP contribution is -2.46. The first-order valence-corrected chi connectivity index (χ1v) is 17.6. The lowest BCUT2D eigenvalue weighted by molar-refractivity contribution is -0.120. The van der Waals surface area contributed by atoms with Crippen molar-refractivity contribution in [2.24, 2.45) is 0 Å². The van der Waals surface area contributed by atoms with Crippen molar-refractivity contribution in [3.8, 4) is 11.7 Å². The number of piperazine rings is 1. The van der Waals surface area contributed by atoms with E-state index in [4.69, 9.17) is 19.2 Å². The standard InChI is InChI=1S/C37H50N8O5/c1-4-6-24-49-26-27-50-25-17-31(46)10-7-8-19-42-20-22-43(23-21-42)30-15-13-29(14-16-30)39-37-38-28-32-35(41-37)45(44(18-5-2)36(32)47)33-11-9-12-34(40-33)48-3/h5,9,11-16,28H,2,4,6-8,10,17-27H2,1,3H3,(H,38,39,41). The van der Waals surface area contributed by atoms with Crippen molar-refractivity contribution in [1.82, 2.24) is 29.2 Å². The van der Waals surface area contributed by atoms with E-state index >= 15 is 0 Å². The molecule has 5 rings (SSSR count). The van der Waals surface area contributed by atoms with E-state index < -0.39 is 0 Å². The van der Waals surface area contributed by atoms with Crippen molar-refractivity contribution in [3.05, 3.63) is 71.7 Å². The van der Waals surface area contributed by atoms with Gasteiger partial charge in [-0.05, 0) is 56.1 Å². The van der Waals surface area contributed by atoms with E-state index in [1.165, 1.54) is 10.9 Å². The Morgan fingerprint density at radius 2 is 1.72 bits per heavy atom. The first-order valence-electron chi connectivity index (χ1n) is 17.6. The Kier molecular flexibility index (Phi) is 13.9. The number of anilines is 3. The smallest absolute Gasteiger partial charge is 0.278 e. The van der Waals surface area contributed by atoms with Crippen LogP contribution in [-0.4, -0.2) is 101 Å². The van der Waals surface area contributed by atoms with Gasteiger partial charge in [0.2, 0.25) is 11.8 Å². The fraction of sp³-hybridized carbons (Fsp3) is 0.486. The van der Waals surface area contributed by atoms with Crippen LogP contribution in [0.2, 0.25) is 0 Å². The first kappa shape index (κ1) is 36.7. The highest BCUT2D eigenvalue weighted by Gasteiger charge is 2.19. The number of nitrogens with one attached hydrogen (secondary N) is 1. The number of methoxy groups -OCH3 is 1. The molecule has 0 unspecified atom stereocenters. The number of rotatable bonds is 21. The van der Waals surface area contributed by atoms with Crippen molar-refractivity contribution in [1.29, 1.82) is 0 Å². The third kappa shape index (κ3) is 9.99. The minimum Gasteiger partial charge on any atom is -0.481 e. The summed E-state index contributed by atoms with van der Waals surface area (Å²) in [5.74, 6) is 1.57. The number of Topliss-reactive ketones (excluding diaryl/α,β-unsaturated/α-hetero) is 1. The molecule has 0 spiro atoms. The van der Waals surface area contributed by atoms with E-state index in [0.29, 0.717) is 61.3 Å². The van der Waals surface area contributed by atoms with Crippen LogP contribution >= 0.6 is 0 Å². The predicted molar refractivity (Wildman–Crippen MR) is 196 cm³/mol. The van der Waals surface area contributed by atoms with Gasteiger partial charge < -0.3 is 24.4 Å². The number of carbonyl (C=O) groups excluding carboxylic acids is 1. The SMILES string of the molecule is C=CCn1c(=O)c2cnc(Nc3ccc(N4CCN(CCCCC(=O)CCOCCOCCCC)CC4)cc3)nc2n1-c1cccc(OC)n1. The highest BCUT2D eigenvalue weighted by Crippen LogP contribution is 2.23. The average molecular weight is 687 g/mol. The number of allylic oxidation sites excluding steroid dienone is 1. The molecule has 50 heavy (non-hydrogen) atoms. The first-order chi connectivity index (χ1) is 24.5. The van der Waals surface area contributed by atoms with Gasteiger partial charge in [0.1, 0.15) is 11.2 Å². The summed E-state index contributed by atoms with van der Waals surface area (Å²) in [6, 6.07) is 13.6. The molecular weight excluding hydrogens is 636 g/mol. The summed E-state index contributed by atoms with van der Waals surface area (Å²) in [6.45, 7) is 13.5. The maximum absolute atomic E-state index is 13.2. The Hall–Kier alpha value is -4.59. The van der Waals surface area contributed by atoms with Gasteiger partial charge in [-0.15, -0.1) is 6.58 Å². The Balaban J connectivity index is 1.07. The van der Waals surface area contributed by atoms with Crippen LogP contribution in [0.25, 0.3) is 16.9 Å². The van der Waals surface area contributed by atoms with Crippen molar-refractivity contribution in [2.45, 2.75) is 52.0 Å². The number of hydrogen-bond acceptors (Lipinski definition) is 11. The fourth-order valence-corrected chi connectivity index (χ4v) is 5.90. The molecule has 1 aromatic carbocycles. The number of ketones is 1. The fourth-order valence-electron chi connectivity index (χ4n) is 5.90. The molecule has 268 valence electrons. The zero-order chi connectivity index (χ0) is 35.1. The van der Waals surface area contributed by atoms with Crippen LogP contribution in [-0.2, 0) is 20.8 Å². The molecule has 0 bridgehead atoms. The normalized spacial score (nSPS) is 13.5. The second-order valence-electron chi connectivity index (χ2n) is 12.3. The summed E-state index contributed by atoms with van der Waals surface area (Å²) in [5.41, 5.74) is 2.20. The third-order valence-corrected chi connectivity index (χ3v) is 8.69. The molecule has 4 aromatic rings. The van der Waals surface area contributed by atoms with E-state index in [2.05, 4.69) is 50.7 Å². The molecule has 1 fully saturated rings. The summed E-state index contributed by atoms with van der Waals surface area (Å²) in [6.07, 6.45) is 8.44. The van der Waals surface area contributed by atoms with Gasteiger partial charge >= 0.3 is 0 Å². The van der Waals surface area contributed by atoms with Crippen LogP contribution in [0.5, 0.6) is 5.88 Å². The van der Waals surface area contributed by atoms with Crippen molar-refractivity contribution >= 4 is 34.1 Å². The molecule has 1 N–H and O–H groups in total. The minimum absolute atomic E-state index is 0.230. The van der Waals surface area contributed by atoms with Gasteiger partial charge in [-0.25, -0.2) is 14.3 Å². The molecule has 0 radical (unpaired) electrons. The number of hydrogen-bond donors (Lipinski definition) is 1. The predicted octanol–water partition coefficient (Wildman–Crippen LogP) is 5.00. The van der Waals surface area contributed by atoms with E-state index in [1.54, 1.807) is 30.0 Å². The maximum Gasteiger partial charge on any atom is 0.278 e. The second-order valence-corrected chi connectivity index (χ2v) is 12.3. The Morgan fingerprint density at radius 1 is 0.940 bits per heavy atom. The minimum atomic E-state index is -0.230. The van der Waals surface area contributed by atoms with Gasteiger partial charge in [-0.2, -0.15) is 9.97 Å². The molecule has 0 saturated carbocycles. The number of pyridine rings is 1. The number of fused-ring (bicyclic) bond motifs is 1. The molecule has 13 nitrogen and oxygen atoms in total. The molecule has 3 aromatic heterocycles. The lowest BCUT2D eigenvalue weighted by atomic mass is 10.1. The van der Waals surface area contributed by atoms with Gasteiger partial charge in [0.05, 0.1) is 33.5 Å². The zero-order valence-corrected chi connectivity index (χ0v) is 29.4. The van der Waals surface area contributed by atoms with Gasteiger partial charge in [0.15, 0.2) is 11.5 Å². The summed E-state index contributed by atoms with van der Waals surface area (Å²) in [4.78, 5) is 44.0.